The van der Waals surface area contributed by atoms with Crippen molar-refractivity contribution < 1.29 is 0 Å². The van der Waals surface area contributed by atoms with Crippen LogP contribution in [-0.2, 0) is 6.54 Å². The lowest BCUT2D eigenvalue weighted by Crippen LogP contribution is -2.37. The van der Waals surface area contributed by atoms with Crippen LogP contribution >= 0.6 is 0 Å². The number of imidazole rings is 1. The third-order valence-corrected chi connectivity index (χ3v) is 3.07. The number of nitrogens with one attached hydrogen (secondary N) is 2. The van der Waals surface area contributed by atoms with Crippen molar-refractivity contribution >= 4 is 5.96 Å². The number of unbranched alkanes of at least 4 members (excludes halogenated alkanes) is 3. The zero-order valence-corrected chi connectivity index (χ0v) is 12.9. The molecule has 0 atom stereocenters. The van der Waals surface area contributed by atoms with E-state index in [0.29, 0.717) is 0 Å². The molecule has 114 valence electrons. The summed E-state index contributed by atoms with van der Waals surface area (Å²) in [6.07, 6.45) is 11.8. The third-order valence-electron chi connectivity index (χ3n) is 3.07. The van der Waals surface area contributed by atoms with Crippen molar-refractivity contribution in [1.82, 2.24) is 20.2 Å². The van der Waals surface area contributed by atoms with Crippen molar-refractivity contribution in [3.63, 3.8) is 0 Å². The number of hydrogen-bond acceptors (Lipinski definition) is 2. The third kappa shape index (κ3) is 7.81. The van der Waals surface area contributed by atoms with Crippen molar-refractivity contribution in [3.8, 4) is 0 Å². The van der Waals surface area contributed by atoms with Gasteiger partial charge in [-0.1, -0.05) is 26.2 Å². The molecule has 0 amide bonds. The van der Waals surface area contributed by atoms with Crippen molar-refractivity contribution in [2.45, 2.75) is 52.5 Å². The van der Waals surface area contributed by atoms with E-state index >= 15 is 0 Å². The Balaban J connectivity index is 2.16. The normalized spacial score (nSPS) is 11.6. The van der Waals surface area contributed by atoms with E-state index in [1.54, 1.807) is 0 Å². The summed E-state index contributed by atoms with van der Waals surface area (Å²) in [4.78, 5) is 8.62. The second-order valence-electron chi connectivity index (χ2n) is 4.90. The first-order chi connectivity index (χ1) is 9.86. The monoisotopic (exact) mass is 279 g/mol. The average Bonchev–Trinajstić information content (AvgIpc) is 2.96. The Labute approximate surface area is 122 Å². The summed E-state index contributed by atoms with van der Waals surface area (Å²) in [7, 11) is 0. The van der Waals surface area contributed by atoms with Crippen molar-refractivity contribution in [3.05, 3.63) is 18.7 Å². The molecule has 0 aromatic carbocycles. The first kappa shape index (κ1) is 16.5. The fourth-order valence-corrected chi connectivity index (χ4v) is 1.96. The molecular weight excluding hydrogens is 250 g/mol. The highest BCUT2D eigenvalue weighted by Gasteiger charge is 1.96. The van der Waals surface area contributed by atoms with Crippen LogP contribution in [0.1, 0.15) is 46.0 Å². The number of hydrogen-bond donors (Lipinski definition) is 2. The highest BCUT2D eigenvalue weighted by Crippen LogP contribution is 1.97. The molecule has 0 aliphatic carbocycles. The summed E-state index contributed by atoms with van der Waals surface area (Å²) in [5.74, 6) is 0.939. The molecule has 0 unspecified atom stereocenters. The van der Waals surface area contributed by atoms with Crippen LogP contribution in [0.25, 0.3) is 0 Å². The molecule has 5 nitrogen and oxygen atoms in total. The van der Waals surface area contributed by atoms with E-state index in [2.05, 4.69) is 39.0 Å². The van der Waals surface area contributed by atoms with Gasteiger partial charge in [0.05, 0.1) is 6.33 Å². The van der Waals surface area contributed by atoms with Crippen molar-refractivity contribution in [2.24, 2.45) is 4.99 Å². The topological polar surface area (TPSA) is 54.2 Å². The maximum atomic E-state index is 4.59. The Kier molecular flexibility index (Phi) is 9.36. The predicted molar refractivity (Wildman–Crippen MR) is 85.0 cm³/mol. The predicted octanol–water partition coefficient (Wildman–Crippen LogP) is 2.41. The molecule has 20 heavy (non-hydrogen) atoms. The molecule has 5 heteroatoms. The zero-order valence-electron chi connectivity index (χ0n) is 12.9. The fraction of sp³-hybridized carbons (Fsp3) is 0.733. The molecule has 0 saturated heterocycles. The minimum absolute atomic E-state index is 0.836. The van der Waals surface area contributed by atoms with Crippen LogP contribution in [-0.4, -0.2) is 35.1 Å². The van der Waals surface area contributed by atoms with Crippen molar-refractivity contribution in [2.75, 3.05) is 19.6 Å². The SMILES string of the molecule is CCCCCCNC(=NCCCn1ccnc1)NCC. The lowest BCUT2D eigenvalue weighted by molar-refractivity contribution is 0.636. The molecule has 0 radical (unpaired) electrons. The van der Waals surface area contributed by atoms with Gasteiger partial charge in [0.1, 0.15) is 0 Å². The number of guanidine groups is 1. The molecule has 1 aromatic rings. The van der Waals surface area contributed by atoms with E-state index in [4.69, 9.17) is 0 Å². The van der Waals surface area contributed by atoms with Gasteiger partial charge in [0.25, 0.3) is 0 Å². The first-order valence-corrected chi connectivity index (χ1v) is 7.84. The van der Waals surface area contributed by atoms with Gasteiger partial charge < -0.3 is 15.2 Å². The average molecular weight is 279 g/mol. The van der Waals surface area contributed by atoms with Gasteiger partial charge in [-0.05, 0) is 19.8 Å². The molecule has 0 fully saturated rings. The summed E-state index contributed by atoms with van der Waals surface area (Å²) >= 11 is 0. The van der Waals surface area contributed by atoms with Gasteiger partial charge in [-0.3, -0.25) is 4.99 Å². The number of aliphatic imine (C=N–C) groups is 1. The Morgan fingerprint density at radius 2 is 2.05 bits per heavy atom. The lowest BCUT2D eigenvalue weighted by Gasteiger charge is -2.11. The highest BCUT2D eigenvalue weighted by atomic mass is 15.2. The van der Waals surface area contributed by atoms with Crippen LogP contribution in [0.3, 0.4) is 0 Å². The molecule has 1 rings (SSSR count). The van der Waals surface area contributed by atoms with Crippen LogP contribution in [0.4, 0.5) is 0 Å². The second-order valence-corrected chi connectivity index (χ2v) is 4.90. The standard InChI is InChI=1S/C15H29N5/c1-3-5-6-7-9-18-15(17-4-2)19-10-8-12-20-13-11-16-14-20/h11,13-14H,3-10,12H2,1-2H3,(H2,17,18,19). The van der Waals surface area contributed by atoms with Crippen LogP contribution in [0.2, 0.25) is 0 Å². The summed E-state index contributed by atoms with van der Waals surface area (Å²) in [6, 6.07) is 0. The number of aryl methyl sites for hydroxylation is 1. The number of rotatable bonds is 10. The molecular formula is C15H29N5. The van der Waals surface area contributed by atoms with Crippen molar-refractivity contribution in [1.29, 1.82) is 0 Å². The van der Waals surface area contributed by atoms with Gasteiger partial charge >= 0.3 is 0 Å². The highest BCUT2D eigenvalue weighted by molar-refractivity contribution is 5.79. The maximum Gasteiger partial charge on any atom is 0.191 e. The summed E-state index contributed by atoms with van der Waals surface area (Å²) in [6.45, 7) is 8.05. The van der Waals surface area contributed by atoms with Gasteiger partial charge in [0, 0.05) is 38.6 Å². The van der Waals surface area contributed by atoms with Gasteiger partial charge in [-0.15, -0.1) is 0 Å². The first-order valence-electron chi connectivity index (χ1n) is 7.84. The molecule has 2 N–H and O–H groups in total. The Hall–Kier alpha value is -1.52. The smallest absolute Gasteiger partial charge is 0.191 e. The molecule has 1 heterocycles. The van der Waals surface area contributed by atoms with E-state index in [1.165, 1.54) is 25.7 Å². The summed E-state index contributed by atoms with van der Waals surface area (Å²) in [5.41, 5.74) is 0. The van der Waals surface area contributed by atoms with Crippen LogP contribution < -0.4 is 10.6 Å². The minimum atomic E-state index is 0.836. The van der Waals surface area contributed by atoms with Crippen LogP contribution in [0, 0.1) is 0 Å². The quantitative estimate of drug-likeness (QED) is 0.393. The maximum absolute atomic E-state index is 4.59. The Bertz CT molecular complexity index is 345. The zero-order chi connectivity index (χ0) is 14.5. The van der Waals surface area contributed by atoms with E-state index in [-0.39, 0.29) is 0 Å². The van der Waals surface area contributed by atoms with E-state index < -0.39 is 0 Å². The van der Waals surface area contributed by atoms with E-state index in [1.807, 2.05) is 18.7 Å². The Morgan fingerprint density at radius 3 is 2.75 bits per heavy atom. The largest absolute Gasteiger partial charge is 0.357 e. The summed E-state index contributed by atoms with van der Waals surface area (Å²) < 4.78 is 2.08. The second kappa shape index (κ2) is 11.3. The molecule has 0 saturated carbocycles. The summed E-state index contributed by atoms with van der Waals surface area (Å²) in [5, 5.41) is 6.68. The van der Waals surface area contributed by atoms with Gasteiger partial charge in [-0.25, -0.2) is 4.98 Å². The van der Waals surface area contributed by atoms with E-state index in [0.717, 1.165) is 38.6 Å². The van der Waals surface area contributed by atoms with Crippen LogP contribution in [0.15, 0.2) is 23.7 Å². The van der Waals surface area contributed by atoms with E-state index in [9.17, 15) is 0 Å². The number of nitrogens with zero attached hydrogens (tertiary/aromatic N) is 3. The molecule has 0 aliphatic heterocycles. The van der Waals surface area contributed by atoms with Crippen LogP contribution in [0.5, 0.6) is 0 Å². The lowest BCUT2D eigenvalue weighted by atomic mass is 10.2. The minimum Gasteiger partial charge on any atom is -0.357 e. The molecule has 0 aliphatic rings. The Morgan fingerprint density at radius 1 is 1.15 bits per heavy atom. The molecule has 0 bridgehead atoms. The molecule has 1 aromatic heterocycles. The van der Waals surface area contributed by atoms with Gasteiger partial charge in [0.2, 0.25) is 0 Å². The molecule has 0 spiro atoms. The number of aromatic nitrogens is 2. The van der Waals surface area contributed by atoms with Gasteiger partial charge in [-0.2, -0.15) is 0 Å². The fourth-order valence-electron chi connectivity index (χ4n) is 1.96. The van der Waals surface area contributed by atoms with Gasteiger partial charge in [0.15, 0.2) is 5.96 Å².